The molecule has 1 amide bonds. The number of amides is 1. The van der Waals surface area contributed by atoms with Gasteiger partial charge < -0.3 is 10.6 Å². The van der Waals surface area contributed by atoms with Gasteiger partial charge in [0.25, 0.3) is 0 Å². The molecule has 122 valence electrons. The van der Waals surface area contributed by atoms with Gasteiger partial charge in [-0.15, -0.1) is 10.2 Å². The fourth-order valence-corrected chi connectivity index (χ4v) is 2.33. The van der Waals surface area contributed by atoms with Crippen LogP contribution in [-0.2, 0) is 11.2 Å². The zero-order valence-corrected chi connectivity index (χ0v) is 14.0. The molecular weight excluding hydrogens is 288 g/mol. The molecule has 0 saturated carbocycles. The second kappa shape index (κ2) is 8.27. The molecule has 2 N–H and O–H groups in total. The van der Waals surface area contributed by atoms with E-state index in [1.165, 1.54) is 5.56 Å². The SMILES string of the molecule is CCc1ccc(Nc2ccc(NC(=O)C(CC)CC)nn2)cc1. The number of hydrogen-bond donors (Lipinski definition) is 2. The largest absolute Gasteiger partial charge is 0.339 e. The van der Waals surface area contributed by atoms with Gasteiger partial charge in [0.15, 0.2) is 11.6 Å². The highest BCUT2D eigenvalue weighted by molar-refractivity contribution is 5.91. The fourth-order valence-electron chi connectivity index (χ4n) is 2.33. The Labute approximate surface area is 137 Å². The van der Waals surface area contributed by atoms with Crippen LogP contribution in [0.2, 0.25) is 0 Å². The van der Waals surface area contributed by atoms with Crippen molar-refractivity contribution in [1.82, 2.24) is 10.2 Å². The lowest BCUT2D eigenvalue weighted by Gasteiger charge is -2.12. The number of hydrogen-bond acceptors (Lipinski definition) is 4. The summed E-state index contributed by atoms with van der Waals surface area (Å²) in [5, 5.41) is 14.2. The normalized spacial score (nSPS) is 10.6. The predicted octanol–water partition coefficient (Wildman–Crippen LogP) is 4.16. The minimum atomic E-state index is 0.000151. The first-order valence-electron chi connectivity index (χ1n) is 8.16. The van der Waals surface area contributed by atoms with Gasteiger partial charge in [-0.2, -0.15) is 0 Å². The van der Waals surface area contributed by atoms with Gasteiger partial charge in [0.1, 0.15) is 0 Å². The van der Waals surface area contributed by atoms with Crippen LogP contribution in [0.15, 0.2) is 36.4 Å². The van der Waals surface area contributed by atoms with E-state index in [2.05, 4.69) is 39.9 Å². The van der Waals surface area contributed by atoms with Crippen LogP contribution in [0.3, 0.4) is 0 Å². The molecule has 0 aliphatic rings. The Morgan fingerprint density at radius 2 is 1.57 bits per heavy atom. The summed E-state index contributed by atoms with van der Waals surface area (Å²) >= 11 is 0. The van der Waals surface area contributed by atoms with Gasteiger partial charge in [0.2, 0.25) is 5.91 Å². The highest BCUT2D eigenvalue weighted by Gasteiger charge is 2.14. The molecular formula is C18H24N4O. The zero-order chi connectivity index (χ0) is 16.7. The average Bonchev–Trinajstić information content (AvgIpc) is 2.58. The van der Waals surface area contributed by atoms with Gasteiger partial charge in [-0.1, -0.05) is 32.9 Å². The van der Waals surface area contributed by atoms with Gasteiger partial charge in [-0.05, 0) is 49.1 Å². The van der Waals surface area contributed by atoms with E-state index < -0.39 is 0 Å². The number of rotatable bonds is 7. The number of nitrogens with one attached hydrogen (secondary N) is 2. The molecule has 23 heavy (non-hydrogen) atoms. The molecule has 0 bridgehead atoms. The van der Waals surface area contributed by atoms with Crippen molar-refractivity contribution < 1.29 is 4.79 Å². The number of aromatic nitrogens is 2. The van der Waals surface area contributed by atoms with E-state index >= 15 is 0 Å². The summed E-state index contributed by atoms with van der Waals surface area (Å²) in [7, 11) is 0. The van der Waals surface area contributed by atoms with Crippen molar-refractivity contribution in [1.29, 1.82) is 0 Å². The van der Waals surface area contributed by atoms with Gasteiger partial charge >= 0.3 is 0 Å². The second-order valence-corrected chi connectivity index (χ2v) is 5.48. The van der Waals surface area contributed by atoms with Crippen molar-refractivity contribution in [3.05, 3.63) is 42.0 Å². The summed E-state index contributed by atoms with van der Waals surface area (Å²) in [4.78, 5) is 12.0. The third kappa shape index (κ3) is 4.77. The maximum atomic E-state index is 12.0. The zero-order valence-electron chi connectivity index (χ0n) is 14.0. The first-order valence-corrected chi connectivity index (χ1v) is 8.16. The summed E-state index contributed by atoms with van der Waals surface area (Å²) in [6.07, 6.45) is 2.66. The molecule has 0 fully saturated rings. The minimum Gasteiger partial charge on any atom is -0.339 e. The number of aryl methyl sites for hydroxylation is 1. The van der Waals surface area contributed by atoms with Crippen molar-refractivity contribution in [2.45, 2.75) is 40.0 Å². The summed E-state index contributed by atoms with van der Waals surface area (Å²) in [5.74, 6) is 1.15. The van der Waals surface area contributed by atoms with Crippen molar-refractivity contribution in [2.75, 3.05) is 10.6 Å². The monoisotopic (exact) mass is 312 g/mol. The van der Waals surface area contributed by atoms with E-state index in [1.807, 2.05) is 32.0 Å². The van der Waals surface area contributed by atoms with E-state index in [0.29, 0.717) is 11.6 Å². The molecule has 0 aliphatic heterocycles. The minimum absolute atomic E-state index is 0.000151. The second-order valence-electron chi connectivity index (χ2n) is 5.48. The van der Waals surface area contributed by atoms with Crippen LogP contribution < -0.4 is 10.6 Å². The molecule has 5 nitrogen and oxygen atoms in total. The quantitative estimate of drug-likeness (QED) is 0.805. The molecule has 0 aliphatic carbocycles. The molecule has 0 unspecified atom stereocenters. The lowest BCUT2D eigenvalue weighted by Crippen LogP contribution is -2.22. The summed E-state index contributed by atoms with van der Waals surface area (Å²) in [5.41, 5.74) is 2.26. The van der Waals surface area contributed by atoms with Crippen LogP contribution >= 0.6 is 0 Å². The van der Waals surface area contributed by atoms with Crippen LogP contribution in [0.4, 0.5) is 17.3 Å². The Morgan fingerprint density at radius 3 is 2.09 bits per heavy atom. The smallest absolute Gasteiger partial charge is 0.228 e. The molecule has 5 heteroatoms. The van der Waals surface area contributed by atoms with Gasteiger partial charge in [0, 0.05) is 11.6 Å². The van der Waals surface area contributed by atoms with Gasteiger partial charge in [0.05, 0.1) is 0 Å². The topological polar surface area (TPSA) is 66.9 Å². The molecule has 2 aromatic rings. The van der Waals surface area contributed by atoms with Crippen molar-refractivity contribution in [3.63, 3.8) is 0 Å². The number of carbonyl (C=O) groups is 1. The Kier molecular flexibility index (Phi) is 6.09. The molecule has 1 heterocycles. The Morgan fingerprint density at radius 1 is 0.957 bits per heavy atom. The summed E-state index contributed by atoms with van der Waals surface area (Å²) < 4.78 is 0. The lowest BCUT2D eigenvalue weighted by molar-refractivity contribution is -0.120. The van der Waals surface area contributed by atoms with Crippen LogP contribution in [0, 0.1) is 5.92 Å². The van der Waals surface area contributed by atoms with E-state index in [4.69, 9.17) is 0 Å². The highest BCUT2D eigenvalue weighted by atomic mass is 16.1. The lowest BCUT2D eigenvalue weighted by atomic mass is 10.0. The third-order valence-corrected chi connectivity index (χ3v) is 3.91. The average molecular weight is 312 g/mol. The maximum absolute atomic E-state index is 12.0. The predicted molar refractivity (Wildman–Crippen MR) is 93.8 cm³/mol. The summed E-state index contributed by atoms with van der Waals surface area (Å²) in [6, 6.07) is 11.8. The highest BCUT2D eigenvalue weighted by Crippen LogP contribution is 2.16. The molecule has 2 rings (SSSR count). The molecule has 1 aromatic heterocycles. The van der Waals surface area contributed by atoms with E-state index in [0.717, 1.165) is 24.9 Å². The number of benzene rings is 1. The first kappa shape index (κ1) is 16.9. The van der Waals surface area contributed by atoms with Crippen molar-refractivity contribution in [2.24, 2.45) is 5.92 Å². The molecule has 0 spiro atoms. The summed E-state index contributed by atoms with van der Waals surface area (Å²) in [6.45, 7) is 6.15. The van der Waals surface area contributed by atoms with Crippen molar-refractivity contribution in [3.8, 4) is 0 Å². The first-order chi connectivity index (χ1) is 11.2. The number of anilines is 3. The third-order valence-electron chi connectivity index (χ3n) is 3.91. The van der Waals surface area contributed by atoms with Gasteiger partial charge in [-0.25, -0.2) is 0 Å². The van der Waals surface area contributed by atoms with E-state index in [-0.39, 0.29) is 11.8 Å². The van der Waals surface area contributed by atoms with Crippen LogP contribution in [0.5, 0.6) is 0 Å². The number of carbonyl (C=O) groups excluding carboxylic acids is 1. The van der Waals surface area contributed by atoms with Crippen LogP contribution in [0.1, 0.15) is 39.2 Å². The van der Waals surface area contributed by atoms with Crippen LogP contribution in [0.25, 0.3) is 0 Å². The fraction of sp³-hybridized carbons (Fsp3) is 0.389. The van der Waals surface area contributed by atoms with Crippen molar-refractivity contribution >= 4 is 23.2 Å². The Balaban J connectivity index is 1.97. The standard InChI is InChI=1S/C18H24N4O/c1-4-13-7-9-15(10-8-13)19-16-11-12-17(22-21-16)20-18(23)14(5-2)6-3/h7-12,14H,4-6H2,1-3H3,(H,19,21)(H,20,22,23). The molecule has 0 radical (unpaired) electrons. The van der Waals surface area contributed by atoms with E-state index in [1.54, 1.807) is 6.07 Å². The maximum Gasteiger partial charge on any atom is 0.228 e. The number of nitrogens with zero attached hydrogens (tertiary/aromatic N) is 2. The van der Waals surface area contributed by atoms with Gasteiger partial charge in [-0.3, -0.25) is 4.79 Å². The Hall–Kier alpha value is -2.43. The molecule has 0 atom stereocenters. The van der Waals surface area contributed by atoms with E-state index in [9.17, 15) is 4.79 Å². The Bertz CT molecular complexity index is 618. The molecule has 1 aromatic carbocycles. The molecule has 0 saturated heterocycles. The van der Waals surface area contributed by atoms with Crippen LogP contribution in [-0.4, -0.2) is 16.1 Å².